The van der Waals surface area contributed by atoms with Crippen molar-refractivity contribution in [2.75, 3.05) is 0 Å². The van der Waals surface area contributed by atoms with Crippen LogP contribution in [0.1, 0.15) is 26.3 Å². The minimum absolute atomic E-state index is 0. The maximum absolute atomic E-state index is 13.1. The number of carbonyl (C=O) groups is 1. The fourth-order valence-corrected chi connectivity index (χ4v) is 1.92. The minimum atomic E-state index is -0.582. The number of nitrogens with one attached hydrogen (secondary N) is 1. The molecule has 1 aromatic heterocycles. The topological polar surface area (TPSA) is 77.2 Å². The molecule has 0 aliphatic carbocycles. The van der Waals surface area contributed by atoms with Gasteiger partial charge in [-0.05, 0) is 23.1 Å². The zero-order valence-corrected chi connectivity index (χ0v) is 16.5. The van der Waals surface area contributed by atoms with Crippen molar-refractivity contribution in [1.82, 2.24) is 10.3 Å². The molecule has 0 spiro atoms. The Bertz CT molecular complexity index is 706. The molecule has 0 aliphatic heterocycles. The second-order valence-corrected chi connectivity index (χ2v) is 6.63. The molecule has 0 saturated heterocycles. The molecule has 0 aliphatic rings. The van der Waals surface area contributed by atoms with Gasteiger partial charge in [0.15, 0.2) is 0 Å². The van der Waals surface area contributed by atoms with E-state index in [1.807, 2.05) is 20.8 Å². The molecule has 26 heavy (non-hydrogen) atoms. The number of nitrogens with two attached hydrogens (primary N) is 1. The molecule has 0 bridgehead atoms. The standard InChI is InChI=1S/C18H22FN3O2.2ClH/c1-18(2,3)16(20)17(23)22-11-12-7-8-15(21-10-12)24-14-6-4-5-13(19)9-14;;/h4-10,16H,11,20H2,1-3H3,(H,22,23);2*1H/t16-;;/m1../s1. The number of aromatic nitrogens is 1. The molecular weight excluding hydrogens is 380 g/mol. The highest BCUT2D eigenvalue weighted by Gasteiger charge is 2.27. The van der Waals surface area contributed by atoms with E-state index in [1.54, 1.807) is 30.5 Å². The van der Waals surface area contributed by atoms with Crippen LogP contribution in [0.5, 0.6) is 11.6 Å². The van der Waals surface area contributed by atoms with E-state index < -0.39 is 6.04 Å². The molecule has 0 radical (unpaired) electrons. The Morgan fingerprint density at radius 2 is 1.96 bits per heavy atom. The zero-order chi connectivity index (χ0) is 17.7. The van der Waals surface area contributed by atoms with E-state index in [4.69, 9.17) is 10.5 Å². The fourth-order valence-electron chi connectivity index (χ4n) is 1.92. The average molecular weight is 404 g/mol. The van der Waals surface area contributed by atoms with Gasteiger partial charge in [0.1, 0.15) is 11.6 Å². The molecule has 1 atom stereocenters. The summed E-state index contributed by atoms with van der Waals surface area (Å²) in [6.45, 7) is 6.07. The lowest BCUT2D eigenvalue weighted by atomic mass is 9.87. The maximum atomic E-state index is 13.1. The van der Waals surface area contributed by atoms with Crippen LogP contribution in [0, 0.1) is 11.2 Å². The van der Waals surface area contributed by atoms with Gasteiger partial charge in [-0.3, -0.25) is 4.79 Å². The summed E-state index contributed by atoms with van der Waals surface area (Å²) in [7, 11) is 0. The first-order chi connectivity index (χ1) is 11.3. The van der Waals surface area contributed by atoms with Crippen molar-refractivity contribution in [3.8, 4) is 11.6 Å². The number of halogens is 3. The number of ether oxygens (including phenoxy) is 1. The van der Waals surface area contributed by atoms with Crippen molar-refractivity contribution in [3.63, 3.8) is 0 Å². The van der Waals surface area contributed by atoms with Gasteiger partial charge in [0.05, 0.1) is 6.04 Å². The zero-order valence-electron chi connectivity index (χ0n) is 14.9. The van der Waals surface area contributed by atoms with Gasteiger partial charge >= 0.3 is 0 Å². The quantitative estimate of drug-likeness (QED) is 0.794. The molecule has 0 saturated carbocycles. The fraction of sp³-hybridized carbons (Fsp3) is 0.333. The lowest BCUT2D eigenvalue weighted by Gasteiger charge is -2.25. The molecule has 2 aromatic rings. The molecule has 1 aromatic carbocycles. The summed E-state index contributed by atoms with van der Waals surface area (Å²) in [5, 5.41) is 2.79. The van der Waals surface area contributed by atoms with Gasteiger partial charge in [-0.1, -0.05) is 32.9 Å². The average Bonchev–Trinajstić information content (AvgIpc) is 2.52. The summed E-state index contributed by atoms with van der Waals surface area (Å²) < 4.78 is 18.6. The van der Waals surface area contributed by atoms with Crippen LogP contribution in [-0.4, -0.2) is 16.9 Å². The number of hydrogen-bond acceptors (Lipinski definition) is 4. The second-order valence-electron chi connectivity index (χ2n) is 6.63. The number of benzene rings is 1. The van der Waals surface area contributed by atoms with Gasteiger partial charge in [0.25, 0.3) is 0 Å². The van der Waals surface area contributed by atoms with E-state index in [-0.39, 0.29) is 42.0 Å². The SMILES string of the molecule is CC(C)(C)[C@H](N)C(=O)NCc1ccc(Oc2cccc(F)c2)nc1.Cl.Cl. The van der Waals surface area contributed by atoms with Crippen LogP contribution in [0.25, 0.3) is 0 Å². The van der Waals surface area contributed by atoms with Crippen LogP contribution in [0.2, 0.25) is 0 Å². The molecule has 1 amide bonds. The van der Waals surface area contributed by atoms with Gasteiger partial charge < -0.3 is 15.8 Å². The third-order valence-corrected chi connectivity index (χ3v) is 3.50. The molecule has 0 unspecified atom stereocenters. The Balaban J connectivity index is 0.00000312. The van der Waals surface area contributed by atoms with Crippen LogP contribution in [0.4, 0.5) is 4.39 Å². The Morgan fingerprint density at radius 1 is 1.27 bits per heavy atom. The number of carbonyl (C=O) groups excluding carboxylic acids is 1. The summed E-state index contributed by atoms with van der Waals surface area (Å²) in [4.78, 5) is 16.1. The lowest BCUT2D eigenvalue weighted by Crippen LogP contribution is -2.48. The normalized spacial score (nSPS) is 11.6. The van der Waals surface area contributed by atoms with E-state index in [9.17, 15) is 9.18 Å². The van der Waals surface area contributed by atoms with Gasteiger partial charge in [-0.15, -0.1) is 24.8 Å². The molecule has 1 heterocycles. The summed E-state index contributed by atoms with van der Waals surface area (Å²) >= 11 is 0. The van der Waals surface area contributed by atoms with Gasteiger partial charge in [-0.2, -0.15) is 0 Å². The molecule has 8 heteroatoms. The number of hydrogen-bond donors (Lipinski definition) is 2. The Kier molecular flexibility index (Phi) is 9.56. The van der Waals surface area contributed by atoms with E-state index in [0.29, 0.717) is 18.2 Å². The highest BCUT2D eigenvalue weighted by molar-refractivity contribution is 5.85. The van der Waals surface area contributed by atoms with Crippen LogP contribution < -0.4 is 15.8 Å². The van der Waals surface area contributed by atoms with E-state index >= 15 is 0 Å². The number of amides is 1. The van der Waals surface area contributed by atoms with Crippen molar-refractivity contribution < 1.29 is 13.9 Å². The van der Waals surface area contributed by atoms with Crippen LogP contribution >= 0.6 is 24.8 Å². The van der Waals surface area contributed by atoms with Crippen molar-refractivity contribution >= 4 is 30.7 Å². The number of rotatable bonds is 5. The Labute approximate surface area is 165 Å². The molecule has 144 valence electrons. The largest absolute Gasteiger partial charge is 0.439 e. The van der Waals surface area contributed by atoms with Crippen LogP contribution in [-0.2, 0) is 11.3 Å². The Morgan fingerprint density at radius 3 is 2.50 bits per heavy atom. The predicted molar refractivity (Wildman–Crippen MR) is 104 cm³/mol. The molecule has 0 fully saturated rings. The second kappa shape index (κ2) is 10.3. The lowest BCUT2D eigenvalue weighted by molar-refractivity contribution is -0.124. The van der Waals surface area contributed by atoms with Crippen molar-refractivity contribution in [3.05, 3.63) is 54.0 Å². The first-order valence-electron chi connectivity index (χ1n) is 7.67. The van der Waals surface area contributed by atoms with Gasteiger partial charge in [-0.25, -0.2) is 9.37 Å². The van der Waals surface area contributed by atoms with Crippen LogP contribution in [0.15, 0.2) is 42.6 Å². The summed E-state index contributed by atoms with van der Waals surface area (Å²) in [5.74, 6) is 0.145. The molecule has 3 N–H and O–H groups in total. The highest BCUT2D eigenvalue weighted by Crippen LogP contribution is 2.20. The molecular formula is C18H24Cl2FN3O2. The molecule has 5 nitrogen and oxygen atoms in total. The van der Waals surface area contributed by atoms with Crippen molar-refractivity contribution in [2.45, 2.75) is 33.4 Å². The van der Waals surface area contributed by atoms with E-state index in [0.717, 1.165) is 5.56 Å². The first-order valence-corrected chi connectivity index (χ1v) is 7.67. The third kappa shape index (κ3) is 7.15. The van der Waals surface area contributed by atoms with E-state index in [2.05, 4.69) is 10.3 Å². The molecule has 2 rings (SSSR count). The third-order valence-electron chi connectivity index (χ3n) is 3.50. The predicted octanol–water partition coefficient (Wildman–Crippen LogP) is 3.85. The summed E-state index contributed by atoms with van der Waals surface area (Å²) in [6.07, 6.45) is 1.59. The minimum Gasteiger partial charge on any atom is -0.439 e. The van der Waals surface area contributed by atoms with Gasteiger partial charge in [0.2, 0.25) is 11.8 Å². The van der Waals surface area contributed by atoms with Crippen LogP contribution in [0.3, 0.4) is 0 Å². The van der Waals surface area contributed by atoms with Crippen molar-refractivity contribution in [2.24, 2.45) is 11.1 Å². The van der Waals surface area contributed by atoms with E-state index in [1.165, 1.54) is 12.1 Å². The summed E-state index contributed by atoms with van der Waals surface area (Å²) in [6, 6.07) is 8.69. The number of pyridine rings is 1. The smallest absolute Gasteiger partial charge is 0.237 e. The Hall–Kier alpha value is -1.89. The monoisotopic (exact) mass is 403 g/mol. The number of nitrogens with zero attached hydrogens (tertiary/aromatic N) is 1. The summed E-state index contributed by atoms with van der Waals surface area (Å²) in [5.41, 5.74) is 6.42. The highest BCUT2D eigenvalue weighted by atomic mass is 35.5. The first kappa shape index (κ1) is 24.1. The maximum Gasteiger partial charge on any atom is 0.237 e. The van der Waals surface area contributed by atoms with Crippen molar-refractivity contribution in [1.29, 1.82) is 0 Å². The van der Waals surface area contributed by atoms with Gasteiger partial charge in [0, 0.05) is 24.9 Å².